The summed E-state index contributed by atoms with van der Waals surface area (Å²) in [6.07, 6.45) is 1.38. The molecule has 0 fully saturated rings. The van der Waals surface area contributed by atoms with Crippen LogP contribution in [0.25, 0.3) is 0 Å². The molecule has 0 bridgehead atoms. The van der Waals surface area contributed by atoms with Gasteiger partial charge in [-0.15, -0.1) is 0 Å². The van der Waals surface area contributed by atoms with Crippen molar-refractivity contribution in [2.45, 2.75) is 44.0 Å². The highest BCUT2D eigenvalue weighted by molar-refractivity contribution is 9.10. The molecule has 0 aromatic heterocycles. The third kappa shape index (κ3) is 4.24. The van der Waals surface area contributed by atoms with Gasteiger partial charge in [0.05, 0.1) is 9.37 Å². The quantitative estimate of drug-likeness (QED) is 0.822. The Morgan fingerprint density at radius 3 is 2.33 bits per heavy atom. The van der Waals surface area contributed by atoms with Crippen molar-refractivity contribution >= 4 is 31.9 Å². The van der Waals surface area contributed by atoms with E-state index in [2.05, 4.69) is 21.2 Å². The van der Waals surface area contributed by atoms with E-state index in [1.165, 1.54) is 0 Å². The number of hydrogen-bond donors (Lipinski definition) is 2. The van der Waals surface area contributed by atoms with Crippen molar-refractivity contribution < 1.29 is 17.6 Å². The molecular formula is C13H18BrFN2O3S. The van der Waals surface area contributed by atoms with Crippen LogP contribution in [0, 0.1) is 5.82 Å². The van der Waals surface area contributed by atoms with Crippen LogP contribution < -0.4 is 10.5 Å². The van der Waals surface area contributed by atoms with E-state index in [1.807, 2.05) is 20.8 Å². The van der Waals surface area contributed by atoms with Crippen LogP contribution in [-0.4, -0.2) is 19.9 Å². The Kier molecular flexibility index (Phi) is 5.51. The number of primary sulfonamides is 1. The molecule has 0 aliphatic carbocycles. The van der Waals surface area contributed by atoms with Gasteiger partial charge in [0.2, 0.25) is 10.0 Å². The standard InChI is InChI=1S/C13H18BrFN2O3S/c1-4-13(3,5-2)17-12(18)8-6-9(15)11(14)10(7-8)21(16,19)20/h6-7H,4-5H2,1-3H3,(H,17,18)(H2,16,19,20). The Morgan fingerprint density at radius 2 is 1.90 bits per heavy atom. The first-order valence-corrected chi connectivity index (χ1v) is 8.72. The predicted molar refractivity (Wildman–Crippen MR) is 81.9 cm³/mol. The lowest BCUT2D eigenvalue weighted by Gasteiger charge is -2.28. The second-order valence-corrected chi connectivity index (χ2v) is 7.36. The van der Waals surface area contributed by atoms with Crippen LogP contribution in [-0.2, 0) is 10.0 Å². The van der Waals surface area contributed by atoms with E-state index in [0.29, 0.717) is 12.8 Å². The summed E-state index contributed by atoms with van der Waals surface area (Å²) in [4.78, 5) is 11.7. The van der Waals surface area contributed by atoms with Gasteiger partial charge in [-0.25, -0.2) is 17.9 Å². The van der Waals surface area contributed by atoms with E-state index >= 15 is 0 Å². The zero-order valence-electron chi connectivity index (χ0n) is 12.0. The predicted octanol–water partition coefficient (Wildman–Crippen LogP) is 2.54. The summed E-state index contributed by atoms with van der Waals surface area (Å²) in [5.41, 5.74) is -0.532. The molecule has 0 saturated heterocycles. The van der Waals surface area contributed by atoms with Crippen LogP contribution in [0.5, 0.6) is 0 Å². The molecule has 1 amide bonds. The number of rotatable bonds is 5. The minimum Gasteiger partial charge on any atom is -0.347 e. The monoisotopic (exact) mass is 380 g/mol. The van der Waals surface area contributed by atoms with Gasteiger partial charge in [-0.2, -0.15) is 0 Å². The molecule has 0 atom stereocenters. The first kappa shape index (κ1) is 18.1. The maximum atomic E-state index is 13.8. The second kappa shape index (κ2) is 6.41. The number of nitrogens with one attached hydrogen (secondary N) is 1. The number of hydrogen-bond acceptors (Lipinski definition) is 3. The van der Waals surface area contributed by atoms with Gasteiger partial charge in [0.15, 0.2) is 0 Å². The number of halogens is 2. The molecule has 0 heterocycles. The molecule has 5 nitrogen and oxygen atoms in total. The van der Waals surface area contributed by atoms with Gasteiger partial charge in [-0.1, -0.05) is 13.8 Å². The summed E-state index contributed by atoms with van der Waals surface area (Å²) in [7, 11) is -4.13. The molecular weight excluding hydrogens is 363 g/mol. The zero-order chi connectivity index (χ0) is 16.4. The highest BCUT2D eigenvalue weighted by Crippen LogP contribution is 2.26. The van der Waals surface area contributed by atoms with E-state index in [-0.39, 0.29) is 10.0 Å². The van der Waals surface area contributed by atoms with Crippen molar-refractivity contribution in [2.75, 3.05) is 0 Å². The van der Waals surface area contributed by atoms with Gasteiger partial charge in [0.1, 0.15) is 5.82 Å². The van der Waals surface area contributed by atoms with Crippen LogP contribution in [0.2, 0.25) is 0 Å². The van der Waals surface area contributed by atoms with Crippen molar-refractivity contribution in [3.8, 4) is 0 Å². The van der Waals surface area contributed by atoms with Gasteiger partial charge in [-0.3, -0.25) is 4.79 Å². The van der Waals surface area contributed by atoms with E-state index < -0.39 is 32.2 Å². The fourth-order valence-electron chi connectivity index (χ4n) is 1.68. The van der Waals surface area contributed by atoms with Crippen LogP contribution in [0.4, 0.5) is 4.39 Å². The molecule has 0 spiro atoms. The summed E-state index contributed by atoms with van der Waals surface area (Å²) in [5.74, 6) is -1.40. The van der Waals surface area contributed by atoms with E-state index in [1.54, 1.807) is 0 Å². The Labute approximate surface area is 132 Å². The number of amides is 1. The molecule has 8 heteroatoms. The van der Waals surface area contributed by atoms with E-state index in [9.17, 15) is 17.6 Å². The maximum absolute atomic E-state index is 13.8. The first-order chi connectivity index (χ1) is 9.54. The molecule has 0 saturated carbocycles. The zero-order valence-corrected chi connectivity index (χ0v) is 14.4. The van der Waals surface area contributed by atoms with Gasteiger partial charge in [0.25, 0.3) is 5.91 Å². The smallest absolute Gasteiger partial charge is 0.251 e. The number of sulfonamides is 1. The fourth-order valence-corrected chi connectivity index (χ4v) is 3.22. The third-order valence-electron chi connectivity index (χ3n) is 3.54. The minimum absolute atomic E-state index is 0.0900. The van der Waals surface area contributed by atoms with Crippen LogP contribution >= 0.6 is 15.9 Å². The molecule has 0 aliphatic rings. The summed E-state index contributed by atoms with van der Waals surface area (Å²) in [6.45, 7) is 5.70. The van der Waals surface area contributed by atoms with Crippen molar-refractivity contribution in [2.24, 2.45) is 5.14 Å². The Hall–Kier alpha value is -0.990. The number of carbonyl (C=O) groups is 1. The Balaban J connectivity index is 3.27. The average molecular weight is 381 g/mol. The SMILES string of the molecule is CCC(C)(CC)NC(=O)c1cc(F)c(Br)c(S(N)(=O)=O)c1. The lowest BCUT2D eigenvalue weighted by Crippen LogP contribution is -2.45. The number of benzene rings is 1. The molecule has 0 radical (unpaired) electrons. The molecule has 0 unspecified atom stereocenters. The molecule has 118 valence electrons. The summed E-state index contributed by atoms with van der Waals surface area (Å²) < 4.78 is 36.4. The van der Waals surface area contributed by atoms with Gasteiger partial charge < -0.3 is 5.32 Å². The molecule has 21 heavy (non-hydrogen) atoms. The van der Waals surface area contributed by atoms with Gasteiger partial charge in [0, 0.05) is 11.1 Å². The molecule has 0 aliphatic heterocycles. The lowest BCUT2D eigenvalue weighted by atomic mass is 9.95. The Bertz CT molecular complexity index is 658. The molecule has 1 rings (SSSR count). The molecule has 1 aromatic rings. The lowest BCUT2D eigenvalue weighted by molar-refractivity contribution is 0.0900. The molecule has 3 N–H and O–H groups in total. The summed E-state index contributed by atoms with van der Waals surface area (Å²) in [5, 5.41) is 7.80. The summed E-state index contributed by atoms with van der Waals surface area (Å²) >= 11 is 2.82. The third-order valence-corrected chi connectivity index (χ3v) is 5.54. The van der Waals surface area contributed by atoms with Crippen LogP contribution in [0.15, 0.2) is 21.5 Å². The highest BCUT2D eigenvalue weighted by atomic mass is 79.9. The Morgan fingerprint density at radius 1 is 1.38 bits per heavy atom. The average Bonchev–Trinajstić information content (AvgIpc) is 2.40. The topological polar surface area (TPSA) is 89.3 Å². The molecule has 1 aromatic carbocycles. The summed E-state index contributed by atoms with van der Waals surface area (Å²) in [6, 6.07) is 2.03. The van der Waals surface area contributed by atoms with E-state index in [4.69, 9.17) is 5.14 Å². The second-order valence-electron chi connectivity index (χ2n) is 5.04. The number of nitrogens with two attached hydrogens (primary N) is 1. The fraction of sp³-hybridized carbons (Fsp3) is 0.462. The number of carbonyl (C=O) groups excluding carboxylic acids is 1. The van der Waals surface area contributed by atoms with Crippen LogP contribution in [0.3, 0.4) is 0 Å². The van der Waals surface area contributed by atoms with Crippen LogP contribution in [0.1, 0.15) is 44.0 Å². The van der Waals surface area contributed by atoms with Gasteiger partial charge in [-0.05, 0) is 47.8 Å². The minimum atomic E-state index is -4.13. The first-order valence-electron chi connectivity index (χ1n) is 6.38. The van der Waals surface area contributed by atoms with Crippen molar-refractivity contribution in [1.82, 2.24) is 5.32 Å². The normalized spacial score (nSPS) is 12.3. The van der Waals surface area contributed by atoms with E-state index in [0.717, 1.165) is 12.1 Å². The van der Waals surface area contributed by atoms with Crippen molar-refractivity contribution in [1.29, 1.82) is 0 Å². The van der Waals surface area contributed by atoms with Crippen molar-refractivity contribution in [3.63, 3.8) is 0 Å². The van der Waals surface area contributed by atoms with Crippen molar-refractivity contribution in [3.05, 3.63) is 28.0 Å². The van der Waals surface area contributed by atoms with Gasteiger partial charge >= 0.3 is 0 Å². The maximum Gasteiger partial charge on any atom is 0.251 e. The highest BCUT2D eigenvalue weighted by Gasteiger charge is 2.25. The largest absolute Gasteiger partial charge is 0.347 e.